The monoisotopic (exact) mass is 251 g/mol. The van der Waals surface area contributed by atoms with Gasteiger partial charge in [0.05, 0.1) is 17.3 Å². The Morgan fingerprint density at radius 1 is 1.53 bits per heavy atom. The van der Waals surface area contributed by atoms with Crippen LogP contribution in [0.15, 0.2) is 17.8 Å². The Labute approximate surface area is 105 Å². The van der Waals surface area contributed by atoms with Crippen molar-refractivity contribution in [2.75, 3.05) is 0 Å². The van der Waals surface area contributed by atoms with E-state index in [0.29, 0.717) is 6.42 Å². The summed E-state index contributed by atoms with van der Waals surface area (Å²) in [6.07, 6.45) is 5.78. The van der Waals surface area contributed by atoms with Gasteiger partial charge in [0.25, 0.3) is 0 Å². The van der Waals surface area contributed by atoms with Gasteiger partial charge >= 0.3 is 0 Å². The van der Waals surface area contributed by atoms with Gasteiger partial charge in [-0.2, -0.15) is 5.10 Å². The molecule has 2 rings (SSSR count). The van der Waals surface area contributed by atoms with Crippen LogP contribution < -0.4 is 0 Å². The van der Waals surface area contributed by atoms with Gasteiger partial charge in [-0.25, -0.2) is 4.98 Å². The van der Waals surface area contributed by atoms with Crippen LogP contribution in [0.2, 0.25) is 0 Å². The van der Waals surface area contributed by atoms with Gasteiger partial charge in [0, 0.05) is 30.7 Å². The Kier molecular flexibility index (Phi) is 3.91. The number of aliphatic hydroxyl groups is 1. The van der Waals surface area contributed by atoms with E-state index < -0.39 is 0 Å². The van der Waals surface area contributed by atoms with E-state index in [2.05, 4.69) is 10.1 Å². The molecule has 2 aromatic heterocycles. The first kappa shape index (κ1) is 12.3. The highest BCUT2D eigenvalue weighted by Gasteiger charge is 2.09. The second kappa shape index (κ2) is 5.42. The molecule has 0 aliphatic heterocycles. The molecule has 0 aliphatic rings. The predicted molar refractivity (Wildman–Crippen MR) is 68.1 cm³/mol. The van der Waals surface area contributed by atoms with Crippen LogP contribution in [0.25, 0.3) is 0 Å². The van der Waals surface area contributed by atoms with E-state index >= 15 is 0 Å². The Balaban J connectivity index is 1.79. The molecule has 0 aromatic carbocycles. The lowest BCUT2D eigenvalue weighted by Crippen LogP contribution is -2.11. The second-order valence-corrected chi connectivity index (χ2v) is 5.24. The lowest BCUT2D eigenvalue weighted by molar-refractivity contribution is 0.165. The van der Waals surface area contributed by atoms with Crippen molar-refractivity contribution in [3.63, 3.8) is 0 Å². The molecule has 0 spiro atoms. The maximum absolute atomic E-state index is 9.92. The Morgan fingerprint density at radius 3 is 2.94 bits per heavy atom. The summed E-state index contributed by atoms with van der Waals surface area (Å²) >= 11 is 1.62. The normalized spacial score (nSPS) is 12.9. The van der Waals surface area contributed by atoms with Crippen molar-refractivity contribution in [3.8, 4) is 0 Å². The number of aliphatic hydroxyl groups excluding tert-OH is 1. The zero-order chi connectivity index (χ0) is 12.3. The molecule has 0 bridgehead atoms. The third-order valence-corrected chi connectivity index (χ3v) is 3.59. The molecule has 0 amide bonds. The predicted octanol–water partition coefficient (Wildman–Crippen LogP) is 1.72. The fourth-order valence-electron chi connectivity index (χ4n) is 1.73. The van der Waals surface area contributed by atoms with Crippen molar-refractivity contribution in [2.24, 2.45) is 7.05 Å². The summed E-state index contributed by atoms with van der Waals surface area (Å²) in [5.74, 6) is 0. The van der Waals surface area contributed by atoms with Crippen molar-refractivity contribution in [1.82, 2.24) is 14.8 Å². The summed E-state index contributed by atoms with van der Waals surface area (Å²) in [6.45, 7) is 1.97. The molecule has 17 heavy (non-hydrogen) atoms. The minimum absolute atomic E-state index is 0.319. The van der Waals surface area contributed by atoms with Crippen molar-refractivity contribution in [1.29, 1.82) is 0 Å². The van der Waals surface area contributed by atoms with Crippen LogP contribution in [0.5, 0.6) is 0 Å². The van der Waals surface area contributed by atoms with E-state index in [0.717, 1.165) is 23.5 Å². The molecular weight excluding hydrogens is 234 g/mol. The third kappa shape index (κ3) is 3.64. The standard InChI is InChI=1S/C12H17N3OS/c1-9-8-17-12(14-9)5-11(16)4-3-10-6-13-15(2)7-10/h6-8,11,16H,3-5H2,1-2H3. The Bertz CT molecular complexity index is 478. The van der Waals surface area contributed by atoms with Gasteiger partial charge in [-0.3, -0.25) is 4.68 Å². The Hall–Kier alpha value is -1.20. The number of hydrogen-bond donors (Lipinski definition) is 1. The summed E-state index contributed by atoms with van der Waals surface area (Å²) in [7, 11) is 1.90. The molecule has 1 unspecified atom stereocenters. The number of thiazole rings is 1. The zero-order valence-corrected chi connectivity index (χ0v) is 10.9. The largest absolute Gasteiger partial charge is 0.393 e. The molecule has 2 heterocycles. The van der Waals surface area contributed by atoms with E-state index in [9.17, 15) is 5.11 Å². The summed E-state index contributed by atoms with van der Waals surface area (Å²) < 4.78 is 1.78. The van der Waals surface area contributed by atoms with Crippen LogP contribution in [0.4, 0.5) is 0 Å². The van der Waals surface area contributed by atoms with Gasteiger partial charge in [0.1, 0.15) is 0 Å². The van der Waals surface area contributed by atoms with E-state index in [-0.39, 0.29) is 6.10 Å². The van der Waals surface area contributed by atoms with E-state index in [1.807, 2.05) is 31.7 Å². The van der Waals surface area contributed by atoms with Gasteiger partial charge in [0.2, 0.25) is 0 Å². The molecule has 5 heteroatoms. The second-order valence-electron chi connectivity index (χ2n) is 4.30. The fraction of sp³-hybridized carbons (Fsp3) is 0.500. The van der Waals surface area contributed by atoms with Crippen LogP contribution in [-0.2, 0) is 19.9 Å². The van der Waals surface area contributed by atoms with E-state index in [1.165, 1.54) is 5.56 Å². The fourth-order valence-corrected chi connectivity index (χ4v) is 2.58. The van der Waals surface area contributed by atoms with E-state index in [4.69, 9.17) is 0 Å². The molecule has 1 N–H and O–H groups in total. The van der Waals surface area contributed by atoms with Crippen LogP contribution >= 0.6 is 11.3 Å². The minimum atomic E-state index is -0.319. The van der Waals surface area contributed by atoms with Crippen molar-refractivity contribution in [2.45, 2.75) is 32.3 Å². The molecule has 0 saturated heterocycles. The Morgan fingerprint density at radius 2 is 2.35 bits per heavy atom. The first-order valence-electron chi connectivity index (χ1n) is 5.70. The number of nitrogens with zero attached hydrogens (tertiary/aromatic N) is 3. The van der Waals surface area contributed by atoms with Crippen LogP contribution in [-0.4, -0.2) is 26.0 Å². The third-order valence-electron chi connectivity index (χ3n) is 2.60. The maximum Gasteiger partial charge on any atom is 0.0953 e. The molecule has 1 atom stereocenters. The quantitative estimate of drug-likeness (QED) is 0.880. The zero-order valence-electron chi connectivity index (χ0n) is 10.1. The van der Waals surface area contributed by atoms with Crippen LogP contribution in [0.1, 0.15) is 22.7 Å². The van der Waals surface area contributed by atoms with Crippen molar-refractivity contribution >= 4 is 11.3 Å². The smallest absolute Gasteiger partial charge is 0.0953 e. The van der Waals surface area contributed by atoms with Gasteiger partial charge < -0.3 is 5.11 Å². The molecule has 4 nitrogen and oxygen atoms in total. The van der Waals surface area contributed by atoms with Gasteiger partial charge in [-0.1, -0.05) is 0 Å². The molecule has 0 radical (unpaired) electrons. The summed E-state index contributed by atoms with van der Waals surface area (Å²) in [5, 5.41) is 17.1. The molecule has 0 fully saturated rings. The van der Waals surface area contributed by atoms with Crippen LogP contribution in [0, 0.1) is 6.92 Å². The molecule has 0 aliphatic carbocycles. The lowest BCUT2D eigenvalue weighted by atomic mass is 10.1. The topological polar surface area (TPSA) is 50.9 Å². The summed E-state index contributed by atoms with van der Waals surface area (Å²) in [4.78, 5) is 4.35. The number of aromatic nitrogens is 3. The highest BCUT2D eigenvalue weighted by Crippen LogP contribution is 2.13. The van der Waals surface area contributed by atoms with E-state index in [1.54, 1.807) is 16.0 Å². The number of rotatable bonds is 5. The molecule has 92 valence electrons. The van der Waals surface area contributed by atoms with Gasteiger partial charge in [-0.15, -0.1) is 11.3 Å². The van der Waals surface area contributed by atoms with Gasteiger partial charge in [-0.05, 0) is 25.3 Å². The summed E-state index contributed by atoms with van der Waals surface area (Å²) in [6, 6.07) is 0. The van der Waals surface area contributed by atoms with Gasteiger partial charge in [0.15, 0.2) is 0 Å². The highest BCUT2D eigenvalue weighted by molar-refractivity contribution is 7.09. The van der Waals surface area contributed by atoms with Crippen molar-refractivity contribution in [3.05, 3.63) is 34.0 Å². The average Bonchev–Trinajstić information content (AvgIpc) is 2.85. The SMILES string of the molecule is Cc1csc(CC(O)CCc2cnn(C)c2)n1. The minimum Gasteiger partial charge on any atom is -0.393 e. The van der Waals surface area contributed by atoms with Crippen LogP contribution in [0.3, 0.4) is 0 Å². The average molecular weight is 251 g/mol. The summed E-state index contributed by atoms with van der Waals surface area (Å²) in [5.41, 5.74) is 2.20. The molecular formula is C12H17N3OS. The first-order chi connectivity index (χ1) is 8.13. The number of hydrogen-bond acceptors (Lipinski definition) is 4. The maximum atomic E-state index is 9.92. The first-order valence-corrected chi connectivity index (χ1v) is 6.58. The lowest BCUT2D eigenvalue weighted by Gasteiger charge is -2.07. The number of aryl methyl sites for hydroxylation is 3. The molecule has 2 aromatic rings. The molecule has 0 saturated carbocycles. The van der Waals surface area contributed by atoms with Crippen molar-refractivity contribution < 1.29 is 5.11 Å². The highest BCUT2D eigenvalue weighted by atomic mass is 32.1.